The van der Waals surface area contributed by atoms with Gasteiger partial charge in [0.05, 0.1) is 39.5 Å². The summed E-state index contributed by atoms with van der Waals surface area (Å²) in [5.41, 5.74) is 4.20. The lowest BCUT2D eigenvalue weighted by Gasteiger charge is -2.25. The molecule has 2 atom stereocenters. The molecule has 0 aliphatic carbocycles. The number of benzene rings is 2. The zero-order valence-corrected chi connectivity index (χ0v) is 16.0. The second-order valence-corrected chi connectivity index (χ2v) is 7.20. The highest BCUT2D eigenvalue weighted by Gasteiger charge is 2.26. The van der Waals surface area contributed by atoms with E-state index in [0.717, 1.165) is 59.0 Å². The van der Waals surface area contributed by atoms with E-state index in [4.69, 9.17) is 18.9 Å². The van der Waals surface area contributed by atoms with Gasteiger partial charge in [-0.05, 0) is 34.9 Å². The fraction of sp³-hybridized carbons (Fsp3) is 0.429. The lowest BCUT2D eigenvalue weighted by molar-refractivity contribution is -0.893. The summed E-state index contributed by atoms with van der Waals surface area (Å²) in [6.07, 6.45) is 0.747. The molecular formula is C21H26NO5+. The molecule has 27 heavy (non-hydrogen) atoms. The van der Waals surface area contributed by atoms with Crippen molar-refractivity contribution >= 4 is 0 Å². The van der Waals surface area contributed by atoms with Gasteiger partial charge in [0.1, 0.15) is 6.54 Å². The number of ether oxygens (including phenoxy) is 4. The van der Waals surface area contributed by atoms with Gasteiger partial charge in [-0.25, -0.2) is 0 Å². The molecule has 6 nitrogen and oxygen atoms in total. The van der Waals surface area contributed by atoms with Gasteiger partial charge in [0, 0.05) is 12.8 Å². The minimum absolute atomic E-state index is 0.235. The van der Waals surface area contributed by atoms with Crippen LogP contribution in [0.5, 0.6) is 23.0 Å². The predicted molar refractivity (Wildman–Crippen MR) is 99.9 cm³/mol. The molecule has 0 radical (unpaired) electrons. The average molecular weight is 372 g/mol. The first kappa shape index (κ1) is 17.9. The smallest absolute Gasteiger partial charge is 0.231 e. The molecule has 1 unspecified atom stereocenters. The van der Waals surface area contributed by atoms with Gasteiger partial charge in [-0.3, -0.25) is 0 Å². The Labute approximate surface area is 159 Å². The highest BCUT2D eigenvalue weighted by atomic mass is 16.7. The second kappa shape index (κ2) is 7.29. The van der Waals surface area contributed by atoms with Crippen molar-refractivity contribution in [2.75, 3.05) is 34.6 Å². The van der Waals surface area contributed by atoms with E-state index in [0.29, 0.717) is 12.2 Å². The van der Waals surface area contributed by atoms with Gasteiger partial charge in [-0.1, -0.05) is 6.07 Å². The van der Waals surface area contributed by atoms with Crippen molar-refractivity contribution in [3.63, 3.8) is 0 Å². The van der Waals surface area contributed by atoms with E-state index in [1.54, 1.807) is 14.2 Å². The summed E-state index contributed by atoms with van der Waals surface area (Å²) in [6.45, 7) is 1.97. The summed E-state index contributed by atoms with van der Waals surface area (Å²) in [6, 6.07) is 7.89. The zero-order valence-electron chi connectivity index (χ0n) is 16.0. The number of hydrogen-bond acceptors (Lipinski definition) is 5. The molecule has 2 aromatic carbocycles. The number of rotatable bonds is 2. The maximum absolute atomic E-state index is 11.0. The van der Waals surface area contributed by atoms with E-state index in [2.05, 4.69) is 7.05 Å². The number of hydrogen-bond donors (Lipinski definition) is 2. The zero-order chi connectivity index (χ0) is 19.0. The minimum Gasteiger partial charge on any atom is -0.493 e. The number of likely N-dealkylation sites (N-methyl/N-ethyl adjacent to an activating group) is 1. The molecule has 0 aromatic heterocycles. The molecule has 144 valence electrons. The minimum atomic E-state index is -0.621. The number of methoxy groups -OCH3 is 2. The van der Waals surface area contributed by atoms with Crippen LogP contribution in [0.2, 0.25) is 0 Å². The van der Waals surface area contributed by atoms with Crippen LogP contribution in [0.1, 0.15) is 28.4 Å². The summed E-state index contributed by atoms with van der Waals surface area (Å²) in [5, 5.41) is 11.0. The van der Waals surface area contributed by atoms with E-state index in [1.807, 2.05) is 24.3 Å². The van der Waals surface area contributed by atoms with Gasteiger partial charge in [-0.15, -0.1) is 0 Å². The largest absolute Gasteiger partial charge is 0.493 e. The fourth-order valence-electron chi connectivity index (χ4n) is 4.00. The van der Waals surface area contributed by atoms with Crippen LogP contribution in [0.4, 0.5) is 0 Å². The van der Waals surface area contributed by atoms with Crippen LogP contribution in [0.3, 0.4) is 0 Å². The molecule has 2 aromatic rings. The predicted octanol–water partition coefficient (Wildman–Crippen LogP) is 1.28. The number of aliphatic hydroxyl groups is 1. The first-order valence-electron chi connectivity index (χ1n) is 9.25. The Morgan fingerprint density at radius 1 is 1.07 bits per heavy atom. The molecule has 0 bridgehead atoms. The van der Waals surface area contributed by atoms with Crippen molar-refractivity contribution < 1.29 is 29.0 Å². The Morgan fingerprint density at radius 3 is 2.59 bits per heavy atom. The number of fused-ring (bicyclic) bond motifs is 3. The Kier molecular flexibility index (Phi) is 4.85. The van der Waals surface area contributed by atoms with Gasteiger partial charge in [0.25, 0.3) is 0 Å². The van der Waals surface area contributed by atoms with Crippen LogP contribution in [0.25, 0.3) is 0 Å². The normalized spacial score (nSPS) is 21.2. The van der Waals surface area contributed by atoms with Crippen molar-refractivity contribution in [1.82, 2.24) is 0 Å². The Morgan fingerprint density at radius 2 is 1.85 bits per heavy atom. The summed E-state index contributed by atoms with van der Waals surface area (Å²) in [7, 11) is 5.49. The molecule has 0 saturated carbocycles. The molecule has 2 aliphatic heterocycles. The molecular weight excluding hydrogens is 346 g/mol. The maximum atomic E-state index is 11.0. The first-order valence-corrected chi connectivity index (χ1v) is 9.25. The highest BCUT2D eigenvalue weighted by Crippen LogP contribution is 2.39. The third-order valence-corrected chi connectivity index (χ3v) is 5.45. The summed E-state index contributed by atoms with van der Waals surface area (Å²) >= 11 is 0. The quantitative estimate of drug-likeness (QED) is 0.832. The van der Waals surface area contributed by atoms with Crippen molar-refractivity contribution in [2.45, 2.75) is 25.5 Å². The number of aliphatic hydroxyl groups excluding tert-OH is 1. The second-order valence-electron chi connectivity index (χ2n) is 7.20. The molecule has 4 rings (SSSR count). The van der Waals surface area contributed by atoms with Crippen LogP contribution in [-0.2, 0) is 19.4 Å². The van der Waals surface area contributed by atoms with Crippen LogP contribution in [0.15, 0.2) is 24.3 Å². The standard InChI is InChI=1S/C21H25NO5/c1-22-7-6-14-9-19-20(27-12-26-19)10-15(14)17(23)8-13-4-5-18(24-2)21(25-3)16(13)11-22/h4-5,9-10,17,23H,6-8,11-12H2,1-3H3/p+1/t17-/m1/s1. The van der Waals surface area contributed by atoms with Crippen LogP contribution < -0.4 is 23.8 Å². The third-order valence-electron chi connectivity index (χ3n) is 5.45. The van der Waals surface area contributed by atoms with Gasteiger partial charge in [0.15, 0.2) is 23.0 Å². The Bertz CT molecular complexity index is 851. The SMILES string of the molecule is COc1ccc2c(c1OC)C[NH+](C)CCc1cc3c(cc1[C@H](O)C2)OCO3. The average Bonchev–Trinajstić information content (AvgIpc) is 3.13. The van der Waals surface area contributed by atoms with Crippen molar-refractivity contribution in [2.24, 2.45) is 0 Å². The van der Waals surface area contributed by atoms with Crippen LogP contribution in [0, 0.1) is 0 Å². The fourth-order valence-corrected chi connectivity index (χ4v) is 4.00. The van der Waals surface area contributed by atoms with E-state index in [-0.39, 0.29) is 6.79 Å². The van der Waals surface area contributed by atoms with E-state index in [9.17, 15) is 5.11 Å². The molecule has 6 heteroatoms. The first-order chi connectivity index (χ1) is 13.1. The Balaban J connectivity index is 1.79. The molecule has 2 aliphatic rings. The van der Waals surface area contributed by atoms with Gasteiger partial charge in [-0.2, -0.15) is 0 Å². The molecule has 0 spiro atoms. The third kappa shape index (κ3) is 3.31. The Hall–Kier alpha value is -2.44. The van der Waals surface area contributed by atoms with Gasteiger partial charge >= 0.3 is 0 Å². The van der Waals surface area contributed by atoms with Crippen molar-refractivity contribution in [1.29, 1.82) is 0 Å². The monoisotopic (exact) mass is 372 g/mol. The number of nitrogens with one attached hydrogen (secondary N) is 1. The lowest BCUT2D eigenvalue weighted by atomic mass is 9.91. The highest BCUT2D eigenvalue weighted by molar-refractivity contribution is 5.52. The summed E-state index contributed by atoms with van der Waals surface area (Å²) < 4.78 is 22.2. The van der Waals surface area contributed by atoms with Crippen LogP contribution in [-0.4, -0.2) is 39.7 Å². The van der Waals surface area contributed by atoms with Gasteiger partial charge < -0.3 is 29.0 Å². The van der Waals surface area contributed by atoms with E-state index < -0.39 is 6.10 Å². The molecule has 0 saturated heterocycles. The molecule has 2 N–H and O–H groups in total. The topological polar surface area (TPSA) is 61.6 Å². The molecule has 2 heterocycles. The van der Waals surface area contributed by atoms with Crippen LogP contribution >= 0.6 is 0 Å². The van der Waals surface area contributed by atoms with Gasteiger partial charge in [0.2, 0.25) is 6.79 Å². The van der Waals surface area contributed by atoms with Crippen molar-refractivity contribution in [3.05, 3.63) is 46.5 Å². The summed E-state index contributed by atoms with van der Waals surface area (Å²) in [4.78, 5) is 1.36. The maximum Gasteiger partial charge on any atom is 0.231 e. The van der Waals surface area contributed by atoms with E-state index >= 15 is 0 Å². The van der Waals surface area contributed by atoms with E-state index in [1.165, 1.54) is 4.90 Å². The number of quaternary nitrogens is 1. The summed E-state index contributed by atoms with van der Waals surface area (Å²) in [5.74, 6) is 2.95. The lowest BCUT2D eigenvalue weighted by Crippen LogP contribution is -3.07. The molecule has 0 fully saturated rings. The van der Waals surface area contributed by atoms with Crippen molar-refractivity contribution in [3.8, 4) is 23.0 Å². The molecule has 0 amide bonds.